The number of thiazole rings is 1. The van der Waals surface area contributed by atoms with Crippen LogP contribution in [0.3, 0.4) is 0 Å². The first-order valence-corrected chi connectivity index (χ1v) is 5.57. The Morgan fingerprint density at radius 2 is 2.18 bits per heavy atom. The molecule has 17 heavy (non-hydrogen) atoms. The van der Waals surface area contributed by atoms with Crippen molar-refractivity contribution >= 4 is 34.3 Å². The van der Waals surface area contributed by atoms with E-state index in [-0.39, 0.29) is 11.0 Å². The van der Waals surface area contributed by atoms with E-state index in [1.165, 1.54) is 18.4 Å². The lowest BCUT2D eigenvalue weighted by molar-refractivity contribution is -0.132. The van der Waals surface area contributed by atoms with Gasteiger partial charge in [0.15, 0.2) is 0 Å². The van der Waals surface area contributed by atoms with Crippen molar-refractivity contribution in [1.29, 1.82) is 0 Å². The molecule has 2 rings (SSSR count). The van der Waals surface area contributed by atoms with E-state index < -0.39 is 17.8 Å². The summed E-state index contributed by atoms with van der Waals surface area (Å²) in [6, 6.07) is 0. The number of carbonyl (C=O) groups is 3. The summed E-state index contributed by atoms with van der Waals surface area (Å²) in [4.78, 5) is 38.7. The van der Waals surface area contributed by atoms with Crippen molar-refractivity contribution in [3.8, 4) is 5.88 Å². The number of aromatic nitrogens is 1. The third-order valence-electron chi connectivity index (χ3n) is 2.01. The summed E-state index contributed by atoms with van der Waals surface area (Å²) >= 11 is 1.06. The molecule has 6 nitrogen and oxygen atoms in total. The van der Waals surface area contributed by atoms with Crippen LogP contribution in [0.15, 0.2) is 17.0 Å². The molecule has 1 aliphatic rings. The summed E-state index contributed by atoms with van der Waals surface area (Å²) in [5, 5.41) is 1.66. The molecular weight excluding hydrogens is 244 g/mol. The maximum Gasteiger partial charge on any atom is 0.309 e. The van der Waals surface area contributed by atoms with Crippen molar-refractivity contribution in [3.05, 3.63) is 17.0 Å². The number of anilines is 1. The smallest absolute Gasteiger partial charge is 0.309 e. The van der Waals surface area contributed by atoms with Crippen molar-refractivity contribution in [2.75, 3.05) is 4.90 Å². The van der Waals surface area contributed by atoms with Crippen molar-refractivity contribution in [2.24, 2.45) is 0 Å². The average molecular weight is 252 g/mol. The molecule has 0 radical (unpaired) electrons. The summed E-state index contributed by atoms with van der Waals surface area (Å²) in [6.07, 6.45) is 1.25. The number of carbonyl (C=O) groups excluding carboxylic acids is 3. The minimum Gasteiger partial charge on any atom is -0.407 e. The van der Waals surface area contributed by atoms with Gasteiger partial charge in [0.05, 0.1) is 5.38 Å². The fourth-order valence-corrected chi connectivity index (χ4v) is 2.04. The number of hydrogen-bond donors (Lipinski definition) is 0. The Kier molecular flexibility index (Phi) is 2.76. The van der Waals surface area contributed by atoms with E-state index in [0.717, 1.165) is 16.2 Å². The highest BCUT2D eigenvalue weighted by Crippen LogP contribution is 2.28. The van der Waals surface area contributed by atoms with Crippen LogP contribution in [-0.4, -0.2) is 22.8 Å². The van der Waals surface area contributed by atoms with Crippen molar-refractivity contribution in [2.45, 2.75) is 13.8 Å². The first kappa shape index (κ1) is 11.5. The van der Waals surface area contributed by atoms with Crippen molar-refractivity contribution in [1.82, 2.24) is 4.98 Å². The van der Waals surface area contributed by atoms with Gasteiger partial charge in [0.1, 0.15) is 0 Å². The molecule has 0 fully saturated rings. The molecule has 1 aliphatic heterocycles. The predicted molar refractivity (Wildman–Crippen MR) is 59.7 cm³/mol. The molecule has 1 aromatic heterocycles. The van der Waals surface area contributed by atoms with E-state index >= 15 is 0 Å². The van der Waals surface area contributed by atoms with E-state index in [1.54, 1.807) is 6.92 Å². The Balaban J connectivity index is 2.24. The van der Waals surface area contributed by atoms with Crippen LogP contribution in [0, 0.1) is 0 Å². The van der Waals surface area contributed by atoms with Crippen molar-refractivity contribution < 1.29 is 19.1 Å². The van der Waals surface area contributed by atoms with Gasteiger partial charge >= 0.3 is 5.97 Å². The van der Waals surface area contributed by atoms with Crippen molar-refractivity contribution in [3.63, 3.8) is 0 Å². The Hall–Kier alpha value is -2.02. The molecule has 0 N–H and O–H groups in total. The number of nitrogens with zero attached hydrogens (tertiary/aromatic N) is 2. The Morgan fingerprint density at radius 1 is 1.47 bits per heavy atom. The monoisotopic (exact) mass is 252 g/mol. The zero-order valence-electron chi connectivity index (χ0n) is 9.09. The van der Waals surface area contributed by atoms with Gasteiger partial charge in [-0.3, -0.25) is 14.4 Å². The molecule has 88 valence electrons. The van der Waals surface area contributed by atoms with Gasteiger partial charge in [-0.05, 0) is 6.92 Å². The van der Waals surface area contributed by atoms with Crippen LogP contribution in [0.5, 0.6) is 5.88 Å². The normalized spacial score (nSPS) is 15.2. The van der Waals surface area contributed by atoms with Gasteiger partial charge < -0.3 is 4.74 Å². The highest BCUT2D eigenvalue weighted by molar-refractivity contribution is 7.14. The number of amides is 2. The second kappa shape index (κ2) is 4.10. The quantitative estimate of drug-likeness (QED) is 0.577. The fourth-order valence-electron chi connectivity index (χ4n) is 1.32. The van der Waals surface area contributed by atoms with E-state index in [9.17, 15) is 14.4 Å². The largest absolute Gasteiger partial charge is 0.407 e. The van der Waals surface area contributed by atoms with Gasteiger partial charge in [0.2, 0.25) is 11.0 Å². The summed E-state index contributed by atoms with van der Waals surface area (Å²) in [5.74, 6) is -1.26. The molecule has 0 spiro atoms. The van der Waals surface area contributed by atoms with Crippen LogP contribution in [0.2, 0.25) is 0 Å². The maximum absolute atomic E-state index is 11.6. The first-order chi connectivity index (χ1) is 7.99. The fraction of sp³-hybridized carbons (Fsp3) is 0.200. The Bertz CT molecular complexity index is 546. The molecule has 1 aromatic rings. The number of rotatable bonds is 2. The third-order valence-corrected chi connectivity index (χ3v) is 2.82. The Morgan fingerprint density at radius 3 is 2.71 bits per heavy atom. The van der Waals surface area contributed by atoms with E-state index in [2.05, 4.69) is 4.98 Å². The molecule has 0 atom stereocenters. The summed E-state index contributed by atoms with van der Waals surface area (Å²) in [7, 11) is 0. The van der Waals surface area contributed by atoms with Gasteiger partial charge in [-0.15, -0.1) is 11.3 Å². The molecule has 2 amide bonds. The van der Waals surface area contributed by atoms with Crippen LogP contribution in [0.4, 0.5) is 5.13 Å². The zero-order valence-corrected chi connectivity index (χ0v) is 9.91. The van der Waals surface area contributed by atoms with Gasteiger partial charge in [-0.25, -0.2) is 4.90 Å². The highest BCUT2D eigenvalue weighted by Gasteiger charge is 2.32. The lowest BCUT2D eigenvalue weighted by Crippen LogP contribution is -2.30. The topological polar surface area (TPSA) is 76.6 Å². The Labute approximate surface area is 101 Å². The SMILES string of the molecule is CC(=O)Oc1csc(N2C(=O)C=C(C)C2=O)n1. The highest BCUT2D eigenvalue weighted by atomic mass is 32.1. The number of ether oxygens (including phenoxy) is 1. The standard InChI is InChI=1S/C10H8N2O4S/c1-5-3-8(14)12(9(5)15)10-11-7(4-17-10)16-6(2)13/h3-4H,1-2H3. The van der Waals surface area contributed by atoms with Crippen LogP contribution in [0.1, 0.15) is 13.8 Å². The second-order valence-electron chi connectivity index (χ2n) is 3.37. The van der Waals surface area contributed by atoms with Gasteiger partial charge in [-0.1, -0.05) is 0 Å². The van der Waals surface area contributed by atoms with Gasteiger partial charge in [0, 0.05) is 18.6 Å². The number of imide groups is 1. The van der Waals surface area contributed by atoms with E-state index in [4.69, 9.17) is 4.74 Å². The third kappa shape index (κ3) is 2.09. The molecule has 0 bridgehead atoms. The van der Waals surface area contributed by atoms with Crippen LogP contribution < -0.4 is 9.64 Å². The number of esters is 1. The molecule has 7 heteroatoms. The molecule has 0 saturated heterocycles. The predicted octanol–water partition coefficient (Wildman–Crippen LogP) is 0.888. The lowest BCUT2D eigenvalue weighted by Gasteiger charge is -2.09. The lowest BCUT2D eigenvalue weighted by atomic mass is 10.3. The summed E-state index contributed by atoms with van der Waals surface area (Å²) < 4.78 is 4.75. The first-order valence-electron chi connectivity index (χ1n) is 4.69. The molecule has 0 aromatic carbocycles. The number of hydrogen-bond acceptors (Lipinski definition) is 6. The average Bonchev–Trinajstić information content (AvgIpc) is 2.73. The second-order valence-corrected chi connectivity index (χ2v) is 4.20. The molecular formula is C10H8N2O4S. The van der Waals surface area contributed by atoms with Crippen LogP contribution >= 0.6 is 11.3 Å². The maximum atomic E-state index is 11.6. The van der Waals surface area contributed by atoms with Gasteiger partial charge in [0.25, 0.3) is 11.8 Å². The molecule has 0 aliphatic carbocycles. The molecule has 2 heterocycles. The van der Waals surface area contributed by atoms with Crippen LogP contribution in [-0.2, 0) is 14.4 Å². The summed E-state index contributed by atoms with van der Waals surface area (Å²) in [6.45, 7) is 2.80. The van der Waals surface area contributed by atoms with Crippen LogP contribution in [0.25, 0.3) is 0 Å². The molecule has 0 unspecified atom stereocenters. The minimum atomic E-state index is -0.504. The minimum absolute atomic E-state index is 0.0858. The molecule has 0 saturated carbocycles. The van der Waals surface area contributed by atoms with Gasteiger partial charge in [-0.2, -0.15) is 4.98 Å². The zero-order chi connectivity index (χ0) is 12.6. The van der Waals surface area contributed by atoms with E-state index in [1.807, 2.05) is 0 Å². The van der Waals surface area contributed by atoms with E-state index in [0.29, 0.717) is 5.57 Å². The summed E-state index contributed by atoms with van der Waals surface area (Å²) in [5.41, 5.74) is 0.360.